The zero-order chi connectivity index (χ0) is 23.9. The van der Waals surface area contributed by atoms with Crippen molar-refractivity contribution in [1.82, 2.24) is 9.47 Å². The molecule has 1 saturated heterocycles. The second-order valence-corrected chi connectivity index (χ2v) is 12.0. The number of aromatic nitrogens is 1. The summed E-state index contributed by atoms with van der Waals surface area (Å²) in [5.74, 6) is 0.521. The summed E-state index contributed by atoms with van der Waals surface area (Å²) in [6.45, 7) is 8.83. The number of fused-ring (bicyclic) bond motifs is 5. The molecule has 1 saturated carbocycles. The summed E-state index contributed by atoms with van der Waals surface area (Å²) in [7, 11) is 0. The van der Waals surface area contributed by atoms with Crippen LogP contribution in [0.4, 0.5) is 5.69 Å². The number of hydrogen-bond acceptors (Lipinski definition) is 4. The van der Waals surface area contributed by atoms with Gasteiger partial charge in [0, 0.05) is 44.0 Å². The minimum absolute atomic E-state index is 0.468. The SMILES string of the molecule is CC1CCCN(CCN2CCn3c(c(C4CCCCC4)c4sc(C(=O)O)cc43)-c3ccccc32)C1. The van der Waals surface area contributed by atoms with Crippen LogP contribution in [0.2, 0.25) is 0 Å². The molecule has 6 heteroatoms. The summed E-state index contributed by atoms with van der Waals surface area (Å²) in [6.07, 6.45) is 8.97. The first kappa shape index (κ1) is 23.1. The Hall–Kier alpha value is -2.31. The van der Waals surface area contributed by atoms with E-state index in [9.17, 15) is 9.90 Å². The highest BCUT2D eigenvalue weighted by molar-refractivity contribution is 7.21. The standard InChI is InChI=1S/C29H37N3O2S/c1-20-8-7-13-30(19-20)14-15-31-16-17-32-24-18-25(29(33)34)35-28(24)26(21-9-3-2-4-10-21)27(32)22-11-5-6-12-23(22)31/h5-6,11-12,18,20-21H,2-4,7-10,13-17,19H2,1H3,(H,33,34). The van der Waals surface area contributed by atoms with Gasteiger partial charge in [-0.2, -0.15) is 0 Å². The summed E-state index contributed by atoms with van der Waals surface area (Å²) in [5.41, 5.74) is 6.59. The first-order valence-electron chi connectivity index (χ1n) is 13.6. The van der Waals surface area contributed by atoms with Gasteiger partial charge in [0.2, 0.25) is 0 Å². The number of carboxylic acid groups (broad SMARTS) is 1. The predicted molar refractivity (Wildman–Crippen MR) is 145 cm³/mol. The van der Waals surface area contributed by atoms with Crippen molar-refractivity contribution in [2.24, 2.45) is 5.92 Å². The van der Waals surface area contributed by atoms with Gasteiger partial charge in [0.05, 0.1) is 15.9 Å². The van der Waals surface area contributed by atoms with Crippen LogP contribution in [0.15, 0.2) is 30.3 Å². The van der Waals surface area contributed by atoms with Crippen LogP contribution in [0.25, 0.3) is 21.5 Å². The van der Waals surface area contributed by atoms with E-state index in [1.807, 2.05) is 6.07 Å². The molecule has 2 aliphatic heterocycles. The number of anilines is 1. The molecule has 0 amide bonds. The van der Waals surface area contributed by atoms with Crippen LogP contribution < -0.4 is 4.90 Å². The Kier molecular flexibility index (Phi) is 6.35. The van der Waals surface area contributed by atoms with Crippen LogP contribution in [0, 0.1) is 5.92 Å². The molecule has 1 aromatic carbocycles. The predicted octanol–water partition coefficient (Wildman–Crippen LogP) is 6.67. The Labute approximate surface area is 212 Å². The molecule has 1 unspecified atom stereocenters. The number of piperidine rings is 1. The van der Waals surface area contributed by atoms with E-state index in [1.165, 1.54) is 96.6 Å². The van der Waals surface area contributed by atoms with Crippen LogP contribution >= 0.6 is 11.3 Å². The van der Waals surface area contributed by atoms with E-state index in [1.54, 1.807) is 0 Å². The van der Waals surface area contributed by atoms with Gasteiger partial charge in [-0.05, 0) is 61.8 Å². The van der Waals surface area contributed by atoms with Crippen molar-refractivity contribution in [3.8, 4) is 11.3 Å². The number of thiophene rings is 1. The maximum atomic E-state index is 11.9. The average Bonchev–Trinajstić information content (AvgIpc) is 3.38. The molecule has 186 valence electrons. The number of carboxylic acids is 1. The molecule has 0 bridgehead atoms. The van der Waals surface area contributed by atoms with Gasteiger partial charge in [-0.15, -0.1) is 11.3 Å². The van der Waals surface area contributed by atoms with Crippen molar-refractivity contribution in [1.29, 1.82) is 0 Å². The monoisotopic (exact) mass is 491 g/mol. The smallest absolute Gasteiger partial charge is 0.345 e. The van der Waals surface area contributed by atoms with E-state index in [2.05, 4.69) is 45.6 Å². The fourth-order valence-corrected chi connectivity index (χ4v) is 7.95. The topological polar surface area (TPSA) is 48.7 Å². The fraction of sp³-hybridized carbons (Fsp3) is 0.552. The molecule has 3 aromatic rings. The molecular weight excluding hydrogens is 454 g/mol. The summed E-state index contributed by atoms with van der Waals surface area (Å²) >= 11 is 1.49. The average molecular weight is 492 g/mol. The molecule has 4 heterocycles. The molecule has 0 spiro atoms. The Balaban J connectivity index is 1.41. The van der Waals surface area contributed by atoms with E-state index in [0.717, 1.165) is 37.6 Å². The Morgan fingerprint density at radius 3 is 2.66 bits per heavy atom. The van der Waals surface area contributed by atoms with E-state index < -0.39 is 5.97 Å². The van der Waals surface area contributed by atoms with Crippen molar-refractivity contribution in [2.45, 2.75) is 64.3 Å². The Morgan fingerprint density at radius 1 is 1.03 bits per heavy atom. The zero-order valence-electron chi connectivity index (χ0n) is 20.8. The molecule has 1 N–H and O–H groups in total. The first-order valence-corrected chi connectivity index (χ1v) is 14.4. The summed E-state index contributed by atoms with van der Waals surface area (Å²) in [5, 5.41) is 9.77. The maximum absolute atomic E-state index is 11.9. The number of likely N-dealkylation sites (tertiary alicyclic amines) is 1. The zero-order valence-corrected chi connectivity index (χ0v) is 21.7. The van der Waals surface area contributed by atoms with E-state index >= 15 is 0 Å². The lowest BCUT2D eigenvalue weighted by atomic mass is 9.83. The lowest BCUT2D eigenvalue weighted by Crippen LogP contribution is -2.40. The molecule has 0 radical (unpaired) electrons. The number of benzene rings is 1. The van der Waals surface area contributed by atoms with Gasteiger partial charge in [-0.25, -0.2) is 4.79 Å². The van der Waals surface area contributed by atoms with E-state index in [0.29, 0.717) is 10.8 Å². The van der Waals surface area contributed by atoms with Crippen molar-refractivity contribution in [3.05, 3.63) is 40.8 Å². The summed E-state index contributed by atoms with van der Waals surface area (Å²) in [4.78, 5) is 17.6. The number of rotatable bonds is 5. The highest BCUT2D eigenvalue weighted by atomic mass is 32.1. The molecular formula is C29H37N3O2S. The molecule has 2 fully saturated rings. The Bertz CT molecular complexity index is 1220. The highest BCUT2D eigenvalue weighted by Gasteiger charge is 2.32. The minimum Gasteiger partial charge on any atom is -0.477 e. The van der Waals surface area contributed by atoms with Gasteiger partial charge in [0.25, 0.3) is 0 Å². The summed E-state index contributed by atoms with van der Waals surface area (Å²) in [6, 6.07) is 10.9. The van der Waals surface area contributed by atoms with Crippen LogP contribution in [-0.4, -0.2) is 53.3 Å². The minimum atomic E-state index is -0.804. The van der Waals surface area contributed by atoms with Gasteiger partial charge in [0.15, 0.2) is 0 Å². The van der Waals surface area contributed by atoms with Gasteiger partial charge >= 0.3 is 5.97 Å². The lowest BCUT2D eigenvalue weighted by molar-refractivity contribution is 0.0702. The van der Waals surface area contributed by atoms with Crippen LogP contribution in [-0.2, 0) is 6.54 Å². The molecule has 6 rings (SSSR count). The lowest BCUT2D eigenvalue weighted by Gasteiger charge is -2.33. The molecule has 5 nitrogen and oxygen atoms in total. The molecule has 3 aliphatic rings. The number of aromatic carboxylic acids is 1. The Morgan fingerprint density at radius 2 is 1.86 bits per heavy atom. The fourth-order valence-electron chi connectivity index (χ4n) is 6.82. The summed E-state index contributed by atoms with van der Waals surface area (Å²) < 4.78 is 3.68. The molecule has 2 aromatic heterocycles. The van der Waals surface area contributed by atoms with Gasteiger partial charge in [0.1, 0.15) is 4.88 Å². The number of para-hydroxylation sites is 1. The number of hydrogen-bond donors (Lipinski definition) is 1. The maximum Gasteiger partial charge on any atom is 0.345 e. The number of carbonyl (C=O) groups is 1. The third-order valence-electron chi connectivity index (χ3n) is 8.52. The normalized spacial score (nSPS) is 21.6. The van der Waals surface area contributed by atoms with Crippen molar-refractivity contribution in [3.63, 3.8) is 0 Å². The second kappa shape index (κ2) is 9.62. The third kappa shape index (κ3) is 4.29. The van der Waals surface area contributed by atoms with Gasteiger partial charge in [-0.1, -0.05) is 44.4 Å². The third-order valence-corrected chi connectivity index (χ3v) is 9.66. The largest absolute Gasteiger partial charge is 0.477 e. The second-order valence-electron chi connectivity index (χ2n) is 10.9. The molecule has 1 aliphatic carbocycles. The van der Waals surface area contributed by atoms with E-state index in [4.69, 9.17) is 0 Å². The first-order chi connectivity index (χ1) is 17.1. The molecule has 1 atom stereocenters. The van der Waals surface area contributed by atoms with Crippen LogP contribution in [0.1, 0.15) is 73.0 Å². The van der Waals surface area contributed by atoms with Crippen LogP contribution in [0.5, 0.6) is 0 Å². The van der Waals surface area contributed by atoms with Crippen molar-refractivity contribution < 1.29 is 9.90 Å². The van der Waals surface area contributed by atoms with Gasteiger partial charge in [-0.3, -0.25) is 0 Å². The quantitative estimate of drug-likeness (QED) is 0.433. The van der Waals surface area contributed by atoms with Crippen molar-refractivity contribution >= 4 is 33.2 Å². The highest BCUT2D eigenvalue weighted by Crippen LogP contribution is 2.49. The van der Waals surface area contributed by atoms with Gasteiger partial charge < -0.3 is 19.5 Å². The molecule has 35 heavy (non-hydrogen) atoms. The van der Waals surface area contributed by atoms with Crippen LogP contribution in [0.3, 0.4) is 0 Å². The number of nitrogens with zero attached hydrogens (tertiary/aromatic N) is 3. The van der Waals surface area contributed by atoms with E-state index in [-0.39, 0.29) is 0 Å². The van der Waals surface area contributed by atoms with Crippen molar-refractivity contribution in [2.75, 3.05) is 37.6 Å².